The van der Waals surface area contributed by atoms with Crippen LogP contribution in [-0.4, -0.2) is 43.3 Å². The molecule has 0 amide bonds. The molecule has 2 heterocycles. The van der Waals surface area contributed by atoms with E-state index in [-0.39, 0.29) is 11.6 Å². The maximum Gasteiger partial charge on any atom is 0.331 e. The van der Waals surface area contributed by atoms with Crippen molar-refractivity contribution in [3.63, 3.8) is 0 Å². The fourth-order valence-electron chi connectivity index (χ4n) is 7.86. The van der Waals surface area contributed by atoms with Gasteiger partial charge in [0, 0.05) is 22.5 Å². The van der Waals surface area contributed by atoms with E-state index in [0.29, 0.717) is 5.56 Å². The van der Waals surface area contributed by atoms with E-state index in [1.807, 2.05) is 61.5 Å². The average molecular weight is 646 g/mol. The number of Topliss-reactive ketones (excluding diaryl/α,β-unsaturated/α-hetero) is 2. The standard InChI is InChI=1S/C34H33BrN2O6/c1-18-10-8-9-13-22(18)28-23-25(33(2,36-28)31(40)42-3)30(39)26-24(29(23)38)27(19-14-16-21(35)17-15-19)37-34(26,32(41)43-4)20-11-6-5-7-12-20/h5-17,23-28,36-37H,1-4H3/t23-,24-,25-,26-,27-,28-,33-,34-/m0/s1. The average Bonchev–Trinajstić information content (AvgIpc) is 3.56. The molecule has 8 nitrogen and oxygen atoms in total. The highest BCUT2D eigenvalue weighted by Crippen LogP contribution is 2.59. The van der Waals surface area contributed by atoms with Crippen LogP contribution in [0.15, 0.2) is 83.3 Å². The van der Waals surface area contributed by atoms with Crippen LogP contribution in [0, 0.1) is 30.6 Å². The first-order valence-corrected chi connectivity index (χ1v) is 15.1. The number of ketones is 2. The molecule has 0 bridgehead atoms. The molecule has 1 saturated carbocycles. The summed E-state index contributed by atoms with van der Waals surface area (Å²) in [4.78, 5) is 57.6. The second-order valence-electron chi connectivity index (χ2n) is 11.8. The molecule has 3 aliphatic rings. The Labute approximate surface area is 258 Å². The highest BCUT2D eigenvalue weighted by molar-refractivity contribution is 9.10. The molecule has 8 atom stereocenters. The topological polar surface area (TPSA) is 111 Å². The lowest BCUT2D eigenvalue weighted by atomic mass is 9.56. The number of carbonyl (C=O) groups is 4. The van der Waals surface area contributed by atoms with Gasteiger partial charge in [-0.15, -0.1) is 0 Å². The molecule has 1 aliphatic carbocycles. The van der Waals surface area contributed by atoms with Crippen LogP contribution in [0.2, 0.25) is 0 Å². The molecule has 0 aromatic heterocycles. The molecule has 2 saturated heterocycles. The molecule has 0 spiro atoms. The lowest BCUT2D eigenvalue weighted by Gasteiger charge is -2.42. The van der Waals surface area contributed by atoms with Gasteiger partial charge in [0.25, 0.3) is 0 Å². The van der Waals surface area contributed by atoms with Crippen LogP contribution in [0.5, 0.6) is 0 Å². The minimum atomic E-state index is -1.67. The van der Waals surface area contributed by atoms with Gasteiger partial charge in [0.05, 0.1) is 32.0 Å². The Hall–Kier alpha value is -3.66. The van der Waals surface area contributed by atoms with E-state index in [1.54, 1.807) is 31.2 Å². The molecule has 43 heavy (non-hydrogen) atoms. The van der Waals surface area contributed by atoms with Crippen LogP contribution in [0.3, 0.4) is 0 Å². The van der Waals surface area contributed by atoms with E-state index in [9.17, 15) is 9.59 Å². The fraction of sp³-hybridized carbons (Fsp3) is 0.353. The monoisotopic (exact) mass is 644 g/mol. The second kappa shape index (κ2) is 10.8. The van der Waals surface area contributed by atoms with Crippen molar-refractivity contribution in [3.8, 4) is 0 Å². The van der Waals surface area contributed by atoms with Crippen LogP contribution >= 0.6 is 15.9 Å². The summed E-state index contributed by atoms with van der Waals surface area (Å²) in [5.41, 5.74) is -0.159. The lowest BCUT2D eigenvalue weighted by molar-refractivity contribution is -0.161. The predicted octanol–water partition coefficient (Wildman–Crippen LogP) is 4.36. The molecule has 3 fully saturated rings. The maximum absolute atomic E-state index is 15.1. The normalized spacial score (nSPS) is 33.0. The van der Waals surface area contributed by atoms with E-state index >= 15 is 9.59 Å². The number of fused-ring (bicyclic) bond motifs is 2. The molecular formula is C34H33BrN2O6. The van der Waals surface area contributed by atoms with Crippen molar-refractivity contribution in [2.75, 3.05) is 14.2 Å². The van der Waals surface area contributed by atoms with E-state index in [2.05, 4.69) is 26.6 Å². The number of benzene rings is 3. The van der Waals surface area contributed by atoms with Gasteiger partial charge in [-0.3, -0.25) is 25.0 Å². The van der Waals surface area contributed by atoms with E-state index in [0.717, 1.165) is 21.2 Å². The van der Waals surface area contributed by atoms with Crippen LogP contribution in [0.4, 0.5) is 0 Å². The summed E-state index contributed by atoms with van der Waals surface area (Å²) in [6, 6.07) is 22.7. The SMILES string of the molecule is COC(=O)[C@@]1(C)N[C@@H](c2ccccc2C)[C@H]2C(=O)[C@H]3[C@@H](C(=O)[C@H]21)[C@](C(=O)OC)(c1ccccc1)N[C@H]3c1ccc(Br)cc1. The summed E-state index contributed by atoms with van der Waals surface area (Å²) < 4.78 is 11.5. The van der Waals surface area contributed by atoms with E-state index in [1.165, 1.54) is 14.2 Å². The highest BCUT2D eigenvalue weighted by Gasteiger charge is 2.74. The van der Waals surface area contributed by atoms with Crippen molar-refractivity contribution < 1.29 is 28.7 Å². The van der Waals surface area contributed by atoms with Crippen molar-refractivity contribution in [2.24, 2.45) is 23.7 Å². The molecule has 222 valence electrons. The summed E-state index contributed by atoms with van der Waals surface area (Å²) in [6.07, 6.45) is 0. The van der Waals surface area contributed by atoms with Gasteiger partial charge in [0.2, 0.25) is 0 Å². The summed E-state index contributed by atoms with van der Waals surface area (Å²) in [5.74, 6) is -5.88. The van der Waals surface area contributed by atoms with Gasteiger partial charge in [-0.05, 0) is 48.2 Å². The van der Waals surface area contributed by atoms with Gasteiger partial charge >= 0.3 is 11.9 Å². The molecule has 0 unspecified atom stereocenters. The van der Waals surface area contributed by atoms with Gasteiger partial charge in [0.15, 0.2) is 5.54 Å². The predicted molar refractivity (Wildman–Crippen MR) is 162 cm³/mol. The smallest absolute Gasteiger partial charge is 0.331 e. The third-order valence-corrected chi connectivity index (χ3v) is 10.3. The number of nitrogens with one attached hydrogen (secondary N) is 2. The number of hydrogen-bond acceptors (Lipinski definition) is 8. The number of esters is 2. The van der Waals surface area contributed by atoms with Gasteiger partial charge in [0.1, 0.15) is 17.1 Å². The highest BCUT2D eigenvalue weighted by atomic mass is 79.9. The van der Waals surface area contributed by atoms with E-state index in [4.69, 9.17) is 9.47 Å². The van der Waals surface area contributed by atoms with E-state index < -0.39 is 58.8 Å². The number of methoxy groups -OCH3 is 2. The number of hydrogen-bond donors (Lipinski definition) is 2. The fourth-order valence-corrected chi connectivity index (χ4v) is 8.12. The first-order valence-electron chi connectivity index (χ1n) is 14.3. The van der Waals surface area contributed by atoms with Crippen molar-refractivity contribution in [3.05, 3.63) is 106 Å². The summed E-state index contributed by atoms with van der Waals surface area (Å²) in [6.45, 7) is 3.56. The van der Waals surface area contributed by atoms with Gasteiger partial charge in [-0.25, -0.2) is 4.79 Å². The number of carbonyl (C=O) groups excluding carboxylic acids is 4. The first-order chi connectivity index (χ1) is 20.6. The molecule has 3 aromatic carbocycles. The quantitative estimate of drug-likeness (QED) is 0.394. The first kappa shape index (κ1) is 29.4. The minimum Gasteiger partial charge on any atom is -0.468 e. The number of rotatable bonds is 5. The molecule has 3 aromatic rings. The zero-order valence-corrected chi connectivity index (χ0v) is 25.9. The Morgan fingerprint density at radius 1 is 0.744 bits per heavy atom. The third-order valence-electron chi connectivity index (χ3n) is 9.73. The zero-order valence-electron chi connectivity index (χ0n) is 24.3. The Bertz CT molecular complexity index is 1610. The van der Waals surface area contributed by atoms with Crippen LogP contribution in [-0.2, 0) is 34.2 Å². The summed E-state index contributed by atoms with van der Waals surface area (Å²) >= 11 is 3.48. The van der Waals surface area contributed by atoms with Crippen molar-refractivity contribution in [1.82, 2.24) is 10.6 Å². The van der Waals surface area contributed by atoms with Crippen molar-refractivity contribution in [2.45, 2.75) is 37.0 Å². The largest absolute Gasteiger partial charge is 0.468 e. The molecule has 9 heteroatoms. The van der Waals surface area contributed by atoms with Crippen LogP contribution < -0.4 is 10.6 Å². The maximum atomic E-state index is 15.1. The summed E-state index contributed by atoms with van der Waals surface area (Å²) in [7, 11) is 2.55. The van der Waals surface area contributed by atoms with Crippen molar-refractivity contribution >= 4 is 39.4 Å². The molecule has 2 N–H and O–H groups in total. The molecular weight excluding hydrogens is 612 g/mol. The van der Waals surface area contributed by atoms with Gasteiger partial charge in [-0.2, -0.15) is 0 Å². The molecule has 2 aliphatic heterocycles. The minimum absolute atomic E-state index is 0.190. The molecule has 6 rings (SSSR count). The molecule has 0 radical (unpaired) electrons. The van der Waals surface area contributed by atoms with Gasteiger partial charge in [-0.1, -0.05) is 82.7 Å². The Morgan fingerprint density at radius 3 is 1.98 bits per heavy atom. The Balaban J connectivity index is 1.61. The van der Waals surface area contributed by atoms with Gasteiger partial charge < -0.3 is 9.47 Å². The third kappa shape index (κ3) is 4.24. The van der Waals surface area contributed by atoms with Crippen molar-refractivity contribution in [1.29, 1.82) is 0 Å². The number of ether oxygens (including phenoxy) is 2. The Kier molecular flexibility index (Phi) is 7.39. The zero-order chi connectivity index (χ0) is 30.7. The lowest BCUT2D eigenvalue weighted by Crippen LogP contribution is -2.61. The Morgan fingerprint density at radius 2 is 1.35 bits per heavy atom. The van der Waals surface area contributed by atoms with Crippen LogP contribution in [0.25, 0.3) is 0 Å². The summed E-state index contributed by atoms with van der Waals surface area (Å²) in [5, 5.41) is 6.85. The number of halogens is 1. The second-order valence-corrected chi connectivity index (χ2v) is 12.7. The number of aryl methyl sites for hydroxylation is 1. The van der Waals surface area contributed by atoms with Crippen LogP contribution in [0.1, 0.15) is 41.3 Å².